The van der Waals surface area contributed by atoms with Crippen LogP contribution in [0, 0.1) is 0 Å². The zero-order valence-corrected chi connectivity index (χ0v) is 18.5. The molecule has 4 heterocycles. The largest absolute Gasteiger partial charge is 0.352 e. The summed E-state index contributed by atoms with van der Waals surface area (Å²) in [6.45, 7) is 2.33. The predicted octanol–water partition coefficient (Wildman–Crippen LogP) is 3.68. The molecule has 0 radical (unpaired) electrons. The highest BCUT2D eigenvalue weighted by Crippen LogP contribution is 2.23. The van der Waals surface area contributed by atoms with E-state index < -0.39 is 0 Å². The molecule has 0 saturated carbocycles. The summed E-state index contributed by atoms with van der Waals surface area (Å²) in [4.78, 5) is 26.9. The Balaban J connectivity index is 1.18. The van der Waals surface area contributed by atoms with Crippen LogP contribution >= 0.6 is 0 Å². The molecule has 0 spiro atoms. The van der Waals surface area contributed by atoms with Crippen LogP contribution in [0.1, 0.15) is 16.7 Å². The molecule has 1 aliphatic heterocycles. The van der Waals surface area contributed by atoms with Crippen LogP contribution in [0.15, 0.2) is 83.9 Å². The second-order valence-electron chi connectivity index (χ2n) is 8.36. The van der Waals surface area contributed by atoms with Gasteiger partial charge in [0.25, 0.3) is 5.56 Å². The van der Waals surface area contributed by atoms with E-state index in [-0.39, 0.29) is 5.56 Å². The van der Waals surface area contributed by atoms with Gasteiger partial charge in [-0.1, -0.05) is 48.5 Å². The number of anilines is 2. The number of hydrogen-bond acceptors (Lipinski definition) is 6. The monoisotopic (exact) mass is 449 g/mol. The van der Waals surface area contributed by atoms with Crippen molar-refractivity contribution >= 4 is 22.8 Å². The summed E-state index contributed by atoms with van der Waals surface area (Å²) in [5, 5.41) is 8.01. The molecule has 3 aromatic heterocycles. The molecule has 2 N–H and O–H groups in total. The number of aromatic amines is 1. The van der Waals surface area contributed by atoms with E-state index in [1.165, 1.54) is 11.1 Å². The third-order valence-electron chi connectivity index (χ3n) is 6.16. The smallest absolute Gasteiger partial charge is 0.263 e. The highest BCUT2D eigenvalue weighted by atomic mass is 16.1. The van der Waals surface area contributed by atoms with Crippen molar-refractivity contribution in [1.29, 1.82) is 0 Å². The lowest BCUT2D eigenvalue weighted by Crippen LogP contribution is -2.30. The fourth-order valence-corrected chi connectivity index (χ4v) is 4.35. The quantitative estimate of drug-likeness (QED) is 0.425. The average Bonchev–Trinajstić information content (AvgIpc) is 3.33. The molecule has 5 aromatic rings. The third-order valence-corrected chi connectivity index (χ3v) is 6.16. The van der Waals surface area contributed by atoms with E-state index in [1.54, 1.807) is 10.9 Å². The van der Waals surface area contributed by atoms with E-state index in [1.807, 2.05) is 36.5 Å². The molecular weight excluding hydrogens is 426 g/mol. The number of H-pyrrole nitrogens is 1. The standard InChI is InChI=1S/C26H23N7O/c34-25-22-16-29-33(21-8-2-1-3-9-21)24(22)30-26(31-25)28-15-18-10-11-23(27-14-18)32-13-12-19-6-4-5-7-20(19)17-32/h1-11,14,16H,12-13,15,17H2,(H2,28,30,31,34). The maximum atomic E-state index is 12.6. The van der Waals surface area contributed by atoms with Crippen LogP contribution in [0.5, 0.6) is 0 Å². The van der Waals surface area contributed by atoms with E-state index in [4.69, 9.17) is 0 Å². The van der Waals surface area contributed by atoms with Crippen LogP contribution in [0.4, 0.5) is 11.8 Å². The van der Waals surface area contributed by atoms with Crippen LogP contribution in [0.2, 0.25) is 0 Å². The first-order chi connectivity index (χ1) is 16.7. The van der Waals surface area contributed by atoms with Crippen molar-refractivity contribution < 1.29 is 0 Å². The van der Waals surface area contributed by atoms with Gasteiger partial charge in [0.05, 0.1) is 11.9 Å². The van der Waals surface area contributed by atoms with Gasteiger partial charge >= 0.3 is 0 Å². The van der Waals surface area contributed by atoms with E-state index >= 15 is 0 Å². The Kier molecular flexibility index (Phi) is 5.03. The van der Waals surface area contributed by atoms with Crippen molar-refractivity contribution in [2.45, 2.75) is 19.5 Å². The van der Waals surface area contributed by atoms with Crippen LogP contribution in [0.3, 0.4) is 0 Å². The second kappa shape index (κ2) is 8.47. The predicted molar refractivity (Wildman–Crippen MR) is 132 cm³/mol. The van der Waals surface area contributed by atoms with Gasteiger partial charge in [0.1, 0.15) is 11.2 Å². The number of para-hydroxylation sites is 1. The van der Waals surface area contributed by atoms with Gasteiger partial charge in [0.15, 0.2) is 5.65 Å². The van der Waals surface area contributed by atoms with Gasteiger partial charge in [-0.15, -0.1) is 0 Å². The number of aromatic nitrogens is 5. The molecule has 2 aromatic carbocycles. The SMILES string of the molecule is O=c1[nH]c(NCc2ccc(N3CCc4ccccc4C3)nc2)nc2c1cnn2-c1ccccc1. The maximum Gasteiger partial charge on any atom is 0.263 e. The summed E-state index contributed by atoms with van der Waals surface area (Å²) >= 11 is 0. The highest BCUT2D eigenvalue weighted by molar-refractivity contribution is 5.76. The topological polar surface area (TPSA) is 91.7 Å². The molecular formula is C26H23N7O. The van der Waals surface area contributed by atoms with Gasteiger partial charge in [0.2, 0.25) is 5.95 Å². The normalized spacial score (nSPS) is 13.1. The Labute approximate surface area is 195 Å². The number of nitrogens with one attached hydrogen (secondary N) is 2. The molecule has 168 valence electrons. The summed E-state index contributed by atoms with van der Waals surface area (Å²) in [6.07, 6.45) is 4.44. The first kappa shape index (κ1) is 20.2. The van der Waals surface area contributed by atoms with Crippen LogP contribution < -0.4 is 15.8 Å². The molecule has 0 amide bonds. The van der Waals surface area contributed by atoms with E-state index in [9.17, 15) is 4.79 Å². The van der Waals surface area contributed by atoms with Crippen molar-refractivity contribution in [2.75, 3.05) is 16.8 Å². The summed E-state index contributed by atoms with van der Waals surface area (Å²) in [5.74, 6) is 1.37. The van der Waals surface area contributed by atoms with Crippen molar-refractivity contribution in [3.8, 4) is 5.69 Å². The molecule has 1 aliphatic rings. The zero-order valence-electron chi connectivity index (χ0n) is 18.5. The molecule has 0 aliphatic carbocycles. The molecule has 0 saturated heterocycles. The average molecular weight is 450 g/mol. The number of nitrogens with zero attached hydrogens (tertiary/aromatic N) is 5. The highest BCUT2D eigenvalue weighted by Gasteiger charge is 2.17. The fraction of sp³-hybridized carbons (Fsp3) is 0.154. The van der Waals surface area contributed by atoms with Crippen LogP contribution in [-0.2, 0) is 19.5 Å². The Hall–Kier alpha value is -4.46. The Morgan fingerprint density at radius 3 is 2.59 bits per heavy atom. The van der Waals surface area contributed by atoms with Gasteiger partial charge in [-0.2, -0.15) is 10.1 Å². The minimum absolute atomic E-state index is 0.228. The molecule has 34 heavy (non-hydrogen) atoms. The summed E-state index contributed by atoms with van der Waals surface area (Å²) < 4.78 is 1.67. The first-order valence-corrected chi connectivity index (χ1v) is 11.3. The molecule has 6 rings (SSSR count). The Bertz CT molecular complexity index is 1510. The summed E-state index contributed by atoms with van der Waals surface area (Å²) in [5.41, 5.74) is 4.92. The third kappa shape index (κ3) is 3.79. The molecule has 0 bridgehead atoms. The van der Waals surface area contributed by atoms with Crippen LogP contribution in [-0.4, -0.2) is 31.3 Å². The zero-order chi connectivity index (χ0) is 22.9. The van der Waals surface area contributed by atoms with Crippen LogP contribution in [0.25, 0.3) is 16.7 Å². The van der Waals surface area contributed by atoms with Gasteiger partial charge < -0.3 is 10.2 Å². The van der Waals surface area contributed by atoms with E-state index in [2.05, 4.69) is 66.7 Å². The van der Waals surface area contributed by atoms with Crippen molar-refractivity contribution in [1.82, 2.24) is 24.7 Å². The minimum atomic E-state index is -0.228. The van der Waals surface area contributed by atoms with E-state index in [0.717, 1.165) is 36.6 Å². The second-order valence-corrected chi connectivity index (χ2v) is 8.36. The Morgan fingerprint density at radius 1 is 0.941 bits per heavy atom. The fourth-order valence-electron chi connectivity index (χ4n) is 4.35. The van der Waals surface area contributed by atoms with Gasteiger partial charge in [-0.25, -0.2) is 9.67 Å². The van der Waals surface area contributed by atoms with Crippen molar-refractivity contribution in [2.24, 2.45) is 0 Å². The number of fused-ring (bicyclic) bond motifs is 2. The van der Waals surface area contributed by atoms with Crippen molar-refractivity contribution in [3.63, 3.8) is 0 Å². The van der Waals surface area contributed by atoms with Crippen molar-refractivity contribution in [3.05, 3.63) is 106 Å². The molecule has 0 fully saturated rings. The maximum absolute atomic E-state index is 12.6. The summed E-state index contributed by atoms with van der Waals surface area (Å²) in [6, 6.07) is 22.3. The lowest BCUT2D eigenvalue weighted by molar-refractivity contribution is 0.720. The van der Waals surface area contributed by atoms with Gasteiger partial charge in [-0.3, -0.25) is 9.78 Å². The molecule has 8 heteroatoms. The first-order valence-electron chi connectivity index (χ1n) is 11.3. The van der Waals surface area contributed by atoms with Gasteiger partial charge in [0, 0.05) is 25.8 Å². The summed E-state index contributed by atoms with van der Waals surface area (Å²) in [7, 11) is 0. The van der Waals surface area contributed by atoms with E-state index in [0.29, 0.717) is 23.5 Å². The molecule has 0 unspecified atom stereocenters. The lowest BCUT2D eigenvalue weighted by Gasteiger charge is -2.29. The molecule has 8 nitrogen and oxygen atoms in total. The number of pyridine rings is 1. The number of hydrogen-bond donors (Lipinski definition) is 2. The minimum Gasteiger partial charge on any atom is -0.352 e. The molecule has 0 atom stereocenters. The van der Waals surface area contributed by atoms with Gasteiger partial charge in [-0.05, 0) is 41.3 Å². The number of benzene rings is 2. The Morgan fingerprint density at radius 2 is 1.76 bits per heavy atom. The number of rotatable bonds is 5. The lowest BCUT2D eigenvalue weighted by atomic mass is 10.00.